The van der Waals surface area contributed by atoms with Crippen LogP contribution in [0.3, 0.4) is 0 Å². The van der Waals surface area contributed by atoms with Crippen LogP contribution in [0.15, 0.2) is 30.5 Å². The lowest BCUT2D eigenvalue weighted by atomic mass is 10.1. The molecule has 3 rings (SSSR count). The van der Waals surface area contributed by atoms with Gasteiger partial charge in [-0.1, -0.05) is 13.3 Å². The molecule has 1 fully saturated rings. The van der Waals surface area contributed by atoms with E-state index in [4.69, 9.17) is 4.74 Å². The number of pyridine rings is 1. The molecule has 2 atom stereocenters. The van der Waals surface area contributed by atoms with Crippen LogP contribution < -0.4 is 10.1 Å². The van der Waals surface area contributed by atoms with Crippen LogP contribution in [0.2, 0.25) is 0 Å². The van der Waals surface area contributed by atoms with Crippen LogP contribution in [0.25, 0.3) is 10.8 Å². The van der Waals surface area contributed by atoms with E-state index in [0.717, 1.165) is 17.5 Å². The van der Waals surface area contributed by atoms with Crippen LogP contribution in [0, 0.1) is 5.92 Å². The van der Waals surface area contributed by atoms with Crippen LogP contribution in [0.5, 0.6) is 5.75 Å². The summed E-state index contributed by atoms with van der Waals surface area (Å²) in [4.78, 5) is 4.49. The van der Waals surface area contributed by atoms with Gasteiger partial charge in [0.25, 0.3) is 0 Å². The fraction of sp³-hybridized carbons (Fsp3) is 0.438. The zero-order chi connectivity index (χ0) is 13.2. The summed E-state index contributed by atoms with van der Waals surface area (Å²) in [5.41, 5.74) is 0. The highest BCUT2D eigenvalue weighted by molar-refractivity contribution is 5.92. The Balaban J connectivity index is 1.84. The van der Waals surface area contributed by atoms with E-state index >= 15 is 0 Å². The SMILES string of the molecule is CCCC1CC1Nc1nccc2cc(OC)ccc12. The summed E-state index contributed by atoms with van der Waals surface area (Å²) >= 11 is 0. The second-order valence-electron chi connectivity index (χ2n) is 5.28. The van der Waals surface area contributed by atoms with E-state index in [9.17, 15) is 0 Å². The first kappa shape index (κ1) is 12.3. The van der Waals surface area contributed by atoms with Gasteiger partial charge >= 0.3 is 0 Å². The van der Waals surface area contributed by atoms with Gasteiger partial charge in [-0.05, 0) is 48.4 Å². The molecular weight excluding hydrogens is 236 g/mol. The number of benzene rings is 1. The predicted molar refractivity (Wildman–Crippen MR) is 78.7 cm³/mol. The van der Waals surface area contributed by atoms with Crippen molar-refractivity contribution in [1.82, 2.24) is 4.98 Å². The van der Waals surface area contributed by atoms with Gasteiger partial charge in [-0.2, -0.15) is 0 Å². The van der Waals surface area contributed by atoms with Gasteiger partial charge in [-0.15, -0.1) is 0 Å². The van der Waals surface area contributed by atoms with Crippen molar-refractivity contribution in [2.75, 3.05) is 12.4 Å². The molecular formula is C16H20N2O. The van der Waals surface area contributed by atoms with Gasteiger partial charge in [0, 0.05) is 17.6 Å². The molecule has 2 aromatic rings. The topological polar surface area (TPSA) is 34.2 Å². The first-order valence-electron chi connectivity index (χ1n) is 7.01. The molecule has 1 aliphatic rings. The van der Waals surface area contributed by atoms with E-state index in [1.165, 1.54) is 30.0 Å². The first-order chi connectivity index (χ1) is 9.31. The molecule has 1 N–H and O–H groups in total. The lowest BCUT2D eigenvalue weighted by molar-refractivity contribution is 0.415. The Hall–Kier alpha value is -1.77. The second kappa shape index (κ2) is 5.08. The molecule has 1 aliphatic carbocycles. The minimum Gasteiger partial charge on any atom is -0.497 e. The summed E-state index contributed by atoms with van der Waals surface area (Å²) in [6, 6.07) is 8.77. The summed E-state index contributed by atoms with van der Waals surface area (Å²) < 4.78 is 5.26. The summed E-state index contributed by atoms with van der Waals surface area (Å²) in [5.74, 6) is 2.73. The van der Waals surface area contributed by atoms with Crippen molar-refractivity contribution in [1.29, 1.82) is 0 Å². The van der Waals surface area contributed by atoms with Crippen LogP contribution >= 0.6 is 0 Å². The number of methoxy groups -OCH3 is 1. The standard InChI is InChI=1S/C16H20N2O/c1-3-4-12-10-15(12)18-16-14-6-5-13(19-2)9-11(14)7-8-17-16/h5-9,12,15H,3-4,10H2,1-2H3,(H,17,18). The van der Waals surface area contributed by atoms with E-state index in [2.05, 4.69) is 29.4 Å². The van der Waals surface area contributed by atoms with Gasteiger partial charge in [0.15, 0.2) is 0 Å². The maximum absolute atomic E-state index is 5.26. The lowest BCUT2D eigenvalue weighted by Gasteiger charge is -2.09. The molecule has 0 amide bonds. The van der Waals surface area contributed by atoms with E-state index in [1.807, 2.05) is 18.3 Å². The van der Waals surface area contributed by atoms with Crippen LogP contribution in [0.4, 0.5) is 5.82 Å². The van der Waals surface area contributed by atoms with Crippen molar-refractivity contribution < 1.29 is 4.74 Å². The number of nitrogens with zero attached hydrogens (tertiary/aromatic N) is 1. The van der Waals surface area contributed by atoms with Gasteiger partial charge in [0.1, 0.15) is 11.6 Å². The summed E-state index contributed by atoms with van der Waals surface area (Å²) in [5, 5.41) is 5.92. The average molecular weight is 256 g/mol. The molecule has 1 aromatic carbocycles. The molecule has 0 radical (unpaired) electrons. The zero-order valence-electron chi connectivity index (χ0n) is 11.5. The molecule has 100 valence electrons. The van der Waals surface area contributed by atoms with Gasteiger partial charge in [0.2, 0.25) is 0 Å². The monoisotopic (exact) mass is 256 g/mol. The number of nitrogens with one attached hydrogen (secondary N) is 1. The molecule has 0 saturated heterocycles. The number of hydrogen-bond donors (Lipinski definition) is 1. The molecule has 1 aromatic heterocycles. The van der Waals surface area contributed by atoms with Crippen molar-refractivity contribution in [3.8, 4) is 5.75 Å². The lowest BCUT2D eigenvalue weighted by Crippen LogP contribution is -2.06. The van der Waals surface area contributed by atoms with Crippen LogP contribution in [-0.2, 0) is 0 Å². The molecule has 3 heteroatoms. The Labute approximate surface area is 114 Å². The minimum absolute atomic E-state index is 0.611. The van der Waals surface area contributed by atoms with Crippen molar-refractivity contribution in [2.24, 2.45) is 5.92 Å². The second-order valence-corrected chi connectivity index (χ2v) is 5.28. The zero-order valence-corrected chi connectivity index (χ0v) is 11.5. The Morgan fingerprint density at radius 3 is 3.05 bits per heavy atom. The van der Waals surface area contributed by atoms with Gasteiger partial charge in [0.05, 0.1) is 7.11 Å². The van der Waals surface area contributed by atoms with Crippen molar-refractivity contribution >= 4 is 16.6 Å². The third-order valence-electron chi connectivity index (χ3n) is 3.88. The van der Waals surface area contributed by atoms with Gasteiger partial charge in [-0.25, -0.2) is 4.98 Å². The fourth-order valence-corrected chi connectivity index (χ4v) is 2.69. The molecule has 1 saturated carbocycles. The summed E-state index contributed by atoms with van der Waals surface area (Å²) in [7, 11) is 1.70. The number of hydrogen-bond acceptors (Lipinski definition) is 3. The van der Waals surface area contributed by atoms with Crippen molar-refractivity contribution in [3.63, 3.8) is 0 Å². The van der Waals surface area contributed by atoms with Gasteiger partial charge < -0.3 is 10.1 Å². The Morgan fingerprint density at radius 1 is 1.37 bits per heavy atom. The highest BCUT2D eigenvalue weighted by atomic mass is 16.5. The number of fused-ring (bicyclic) bond motifs is 1. The molecule has 1 heterocycles. The summed E-state index contributed by atoms with van der Waals surface area (Å²) in [6.45, 7) is 2.25. The smallest absolute Gasteiger partial charge is 0.134 e. The molecule has 19 heavy (non-hydrogen) atoms. The summed E-state index contributed by atoms with van der Waals surface area (Å²) in [6.07, 6.45) is 5.72. The largest absolute Gasteiger partial charge is 0.497 e. The number of aromatic nitrogens is 1. The third kappa shape index (κ3) is 2.50. The van der Waals surface area contributed by atoms with Crippen LogP contribution in [-0.4, -0.2) is 18.1 Å². The Morgan fingerprint density at radius 2 is 2.26 bits per heavy atom. The average Bonchev–Trinajstić information content (AvgIpc) is 3.17. The third-order valence-corrected chi connectivity index (χ3v) is 3.88. The Kier molecular flexibility index (Phi) is 3.28. The van der Waals surface area contributed by atoms with E-state index < -0.39 is 0 Å². The van der Waals surface area contributed by atoms with E-state index in [0.29, 0.717) is 6.04 Å². The molecule has 3 nitrogen and oxygen atoms in total. The van der Waals surface area contributed by atoms with Crippen molar-refractivity contribution in [3.05, 3.63) is 30.5 Å². The normalized spacial score (nSPS) is 21.4. The molecule has 0 bridgehead atoms. The van der Waals surface area contributed by atoms with Crippen LogP contribution in [0.1, 0.15) is 26.2 Å². The first-order valence-corrected chi connectivity index (χ1v) is 7.01. The number of anilines is 1. The molecule has 0 spiro atoms. The highest BCUT2D eigenvalue weighted by Gasteiger charge is 2.36. The molecule has 0 aliphatic heterocycles. The minimum atomic E-state index is 0.611. The number of ether oxygens (including phenoxy) is 1. The Bertz CT molecular complexity index is 582. The van der Waals surface area contributed by atoms with Gasteiger partial charge in [-0.3, -0.25) is 0 Å². The predicted octanol–water partition coefficient (Wildman–Crippen LogP) is 3.84. The maximum Gasteiger partial charge on any atom is 0.134 e. The molecule has 2 unspecified atom stereocenters. The van der Waals surface area contributed by atoms with E-state index in [1.54, 1.807) is 7.11 Å². The maximum atomic E-state index is 5.26. The quantitative estimate of drug-likeness (QED) is 0.882. The highest BCUT2D eigenvalue weighted by Crippen LogP contribution is 2.38. The number of rotatable bonds is 5. The fourth-order valence-electron chi connectivity index (χ4n) is 2.69. The van der Waals surface area contributed by atoms with Crippen molar-refractivity contribution in [2.45, 2.75) is 32.2 Å². The van der Waals surface area contributed by atoms with E-state index in [-0.39, 0.29) is 0 Å².